The maximum atomic E-state index is 11.3. The van der Waals surface area contributed by atoms with Crippen molar-refractivity contribution in [2.75, 3.05) is 12.9 Å². The highest BCUT2D eigenvalue weighted by molar-refractivity contribution is 7.94. The molecule has 1 atom stereocenters. The zero-order valence-corrected chi connectivity index (χ0v) is 11.3. The molecule has 4 nitrogen and oxygen atoms in total. The van der Waals surface area contributed by atoms with Crippen LogP contribution >= 0.6 is 0 Å². The number of benzene rings is 1. The second-order valence-electron chi connectivity index (χ2n) is 4.46. The van der Waals surface area contributed by atoms with E-state index in [0.29, 0.717) is 6.54 Å². The first-order valence-electron chi connectivity index (χ1n) is 5.78. The summed E-state index contributed by atoms with van der Waals surface area (Å²) in [5, 5.41) is 4.49. The topological polar surface area (TPSA) is 55.4 Å². The molecule has 0 bridgehead atoms. The van der Waals surface area contributed by atoms with Crippen molar-refractivity contribution in [1.82, 2.24) is 5.32 Å². The van der Waals surface area contributed by atoms with E-state index in [1.807, 2.05) is 25.1 Å². The molecule has 5 heteroatoms. The van der Waals surface area contributed by atoms with Crippen molar-refractivity contribution < 1.29 is 13.2 Å². The fourth-order valence-corrected chi connectivity index (χ4v) is 3.26. The molecule has 1 aromatic carbocycles. The summed E-state index contributed by atoms with van der Waals surface area (Å²) >= 11 is 0. The van der Waals surface area contributed by atoms with Crippen molar-refractivity contribution >= 4 is 9.84 Å². The van der Waals surface area contributed by atoms with Crippen molar-refractivity contribution in [2.24, 2.45) is 0 Å². The van der Waals surface area contributed by atoms with E-state index >= 15 is 0 Å². The normalized spacial score (nSPS) is 21.1. The van der Waals surface area contributed by atoms with Crippen molar-refractivity contribution in [3.63, 3.8) is 0 Å². The molecule has 1 aliphatic heterocycles. The molecule has 1 heterocycles. The largest absolute Gasteiger partial charge is 0.496 e. The van der Waals surface area contributed by atoms with Crippen molar-refractivity contribution in [3.05, 3.63) is 40.8 Å². The Bertz CT molecular complexity index is 564. The Labute approximate surface area is 108 Å². The minimum absolute atomic E-state index is 0.111. The molecular weight excluding hydrogens is 250 g/mol. The Morgan fingerprint density at radius 3 is 2.83 bits per heavy atom. The molecule has 0 amide bonds. The first kappa shape index (κ1) is 13.1. The van der Waals surface area contributed by atoms with E-state index < -0.39 is 9.84 Å². The number of aryl methyl sites for hydroxylation is 1. The van der Waals surface area contributed by atoms with Crippen LogP contribution in [0.15, 0.2) is 29.7 Å². The van der Waals surface area contributed by atoms with Gasteiger partial charge in [-0.3, -0.25) is 0 Å². The SMILES string of the molecule is COc1ccc(C)cc1CNC1C=CS(=O)(=O)C1. The molecule has 0 radical (unpaired) electrons. The lowest BCUT2D eigenvalue weighted by atomic mass is 10.1. The van der Waals surface area contributed by atoms with Crippen LogP contribution < -0.4 is 10.1 Å². The third-order valence-corrected chi connectivity index (χ3v) is 4.32. The van der Waals surface area contributed by atoms with Crippen molar-refractivity contribution in [2.45, 2.75) is 19.5 Å². The summed E-state index contributed by atoms with van der Waals surface area (Å²) in [5.74, 6) is 0.958. The van der Waals surface area contributed by atoms with Gasteiger partial charge < -0.3 is 10.1 Å². The quantitative estimate of drug-likeness (QED) is 0.896. The Morgan fingerprint density at radius 2 is 2.22 bits per heavy atom. The fraction of sp³-hybridized carbons (Fsp3) is 0.385. The number of methoxy groups -OCH3 is 1. The predicted molar refractivity (Wildman–Crippen MR) is 71.3 cm³/mol. The van der Waals surface area contributed by atoms with E-state index in [2.05, 4.69) is 5.32 Å². The maximum Gasteiger partial charge on any atom is 0.173 e. The second-order valence-corrected chi connectivity index (χ2v) is 6.39. The maximum absolute atomic E-state index is 11.3. The van der Waals surface area contributed by atoms with Gasteiger partial charge in [-0.25, -0.2) is 8.42 Å². The molecule has 0 saturated carbocycles. The molecule has 0 saturated heterocycles. The van der Waals surface area contributed by atoms with Gasteiger partial charge in [0.05, 0.1) is 12.9 Å². The summed E-state index contributed by atoms with van der Waals surface area (Å²) in [5.41, 5.74) is 2.19. The van der Waals surface area contributed by atoms with Crippen LogP contribution in [-0.2, 0) is 16.4 Å². The van der Waals surface area contributed by atoms with Crippen LogP contribution in [0.2, 0.25) is 0 Å². The lowest BCUT2D eigenvalue weighted by Crippen LogP contribution is -2.29. The summed E-state index contributed by atoms with van der Waals surface area (Å²) in [6.45, 7) is 2.61. The molecule has 98 valence electrons. The first-order valence-corrected chi connectivity index (χ1v) is 7.49. The van der Waals surface area contributed by atoms with E-state index in [4.69, 9.17) is 4.74 Å². The standard InChI is InChI=1S/C13H17NO3S/c1-10-3-4-13(17-2)11(7-10)8-14-12-5-6-18(15,16)9-12/h3-7,12,14H,8-9H2,1-2H3. The second kappa shape index (κ2) is 5.12. The Hall–Kier alpha value is -1.33. The Balaban J connectivity index is 2.03. The van der Waals surface area contributed by atoms with Gasteiger partial charge >= 0.3 is 0 Å². The first-order chi connectivity index (χ1) is 8.50. The highest BCUT2D eigenvalue weighted by Gasteiger charge is 2.21. The number of sulfone groups is 1. The van der Waals surface area contributed by atoms with E-state index in [-0.39, 0.29) is 11.8 Å². The summed E-state index contributed by atoms with van der Waals surface area (Å²) in [6.07, 6.45) is 1.69. The lowest BCUT2D eigenvalue weighted by Gasteiger charge is -2.13. The monoisotopic (exact) mass is 267 g/mol. The van der Waals surface area contributed by atoms with E-state index in [1.165, 1.54) is 5.41 Å². The lowest BCUT2D eigenvalue weighted by molar-refractivity contribution is 0.407. The third-order valence-electron chi connectivity index (χ3n) is 2.92. The average Bonchev–Trinajstić information content (AvgIpc) is 2.66. The molecule has 1 unspecified atom stereocenters. The van der Waals surface area contributed by atoms with Crippen LogP contribution in [-0.4, -0.2) is 27.3 Å². The Morgan fingerprint density at radius 1 is 1.44 bits per heavy atom. The van der Waals surface area contributed by atoms with Gasteiger partial charge in [0.15, 0.2) is 9.84 Å². The minimum atomic E-state index is -3.00. The van der Waals surface area contributed by atoms with Gasteiger partial charge in [-0.2, -0.15) is 0 Å². The van der Waals surface area contributed by atoms with Gasteiger partial charge in [-0.05, 0) is 13.0 Å². The van der Waals surface area contributed by atoms with Crippen LogP contribution in [0.1, 0.15) is 11.1 Å². The zero-order valence-electron chi connectivity index (χ0n) is 10.5. The van der Waals surface area contributed by atoms with Gasteiger partial charge in [0.1, 0.15) is 5.75 Å². The Kier molecular flexibility index (Phi) is 3.73. The summed E-state index contributed by atoms with van der Waals surface area (Å²) in [7, 11) is -1.36. The highest BCUT2D eigenvalue weighted by Crippen LogP contribution is 2.20. The number of hydrogen-bond acceptors (Lipinski definition) is 4. The third kappa shape index (κ3) is 3.11. The number of hydrogen-bond donors (Lipinski definition) is 1. The molecule has 0 fully saturated rings. The van der Waals surface area contributed by atoms with E-state index in [1.54, 1.807) is 13.2 Å². The number of rotatable bonds is 4. The highest BCUT2D eigenvalue weighted by atomic mass is 32.2. The van der Waals surface area contributed by atoms with Crippen LogP contribution in [0.4, 0.5) is 0 Å². The van der Waals surface area contributed by atoms with Gasteiger partial charge in [0.2, 0.25) is 0 Å². The van der Waals surface area contributed by atoms with Gasteiger partial charge in [0, 0.05) is 23.6 Å². The molecule has 1 aromatic rings. The van der Waals surface area contributed by atoms with Gasteiger partial charge in [-0.15, -0.1) is 0 Å². The molecule has 2 rings (SSSR count). The van der Waals surface area contributed by atoms with Crippen LogP contribution in [0, 0.1) is 6.92 Å². The van der Waals surface area contributed by atoms with Crippen LogP contribution in [0.5, 0.6) is 5.75 Å². The smallest absolute Gasteiger partial charge is 0.173 e. The molecule has 0 spiro atoms. The average molecular weight is 267 g/mol. The predicted octanol–water partition coefficient (Wildman–Crippen LogP) is 1.40. The van der Waals surface area contributed by atoms with Gasteiger partial charge in [-0.1, -0.05) is 23.8 Å². The van der Waals surface area contributed by atoms with Crippen molar-refractivity contribution in [3.8, 4) is 5.75 Å². The fourth-order valence-electron chi connectivity index (χ4n) is 1.99. The molecule has 0 aromatic heterocycles. The molecule has 0 aliphatic carbocycles. The minimum Gasteiger partial charge on any atom is -0.496 e. The van der Waals surface area contributed by atoms with Gasteiger partial charge in [0.25, 0.3) is 0 Å². The summed E-state index contributed by atoms with van der Waals surface area (Å²) < 4.78 is 27.8. The molecule has 1 N–H and O–H groups in total. The van der Waals surface area contributed by atoms with Crippen LogP contribution in [0.25, 0.3) is 0 Å². The van der Waals surface area contributed by atoms with Crippen LogP contribution in [0.3, 0.4) is 0 Å². The molecule has 18 heavy (non-hydrogen) atoms. The molecule has 1 aliphatic rings. The number of nitrogens with one attached hydrogen (secondary N) is 1. The van der Waals surface area contributed by atoms with E-state index in [9.17, 15) is 8.42 Å². The van der Waals surface area contributed by atoms with E-state index in [0.717, 1.165) is 16.9 Å². The number of ether oxygens (including phenoxy) is 1. The zero-order chi connectivity index (χ0) is 13.2. The summed E-state index contributed by atoms with van der Waals surface area (Å²) in [6, 6.07) is 5.84. The summed E-state index contributed by atoms with van der Waals surface area (Å²) in [4.78, 5) is 0. The van der Waals surface area contributed by atoms with Crippen molar-refractivity contribution in [1.29, 1.82) is 0 Å². The molecular formula is C13H17NO3S.